The van der Waals surface area contributed by atoms with Gasteiger partial charge in [-0.15, -0.1) is 0 Å². The van der Waals surface area contributed by atoms with Gasteiger partial charge in [-0.05, 0) is 18.6 Å². The highest BCUT2D eigenvalue weighted by atomic mass is 16.5. The van der Waals surface area contributed by atoms with Gasteiger partial charge in [0.25, 0.3) is 0 Å². The molecule has 1 N–H and O–H groups in total. The van der Waals surface area contributed by atoms with E-state index in [2.05, 4.69) is 35.3 Å². The highest BCUT2D eigenvalue weighted by molar-refractivity contribution is 5.55. The van der Waals surface area contributed by atoms with Gasteiger partial charge in [0.1, 0.15) is 0 Å². The number of aryl methyl sites for hydroxylation is 1. The summed E-state index contributed by atoms with van der Waals surface area (Å²) in [5, 5.41) is 3.43. The third-order valence-corrected chi connectivity index (χ3v) is 3.39. The summed E-state index contributed by atoms with van der Waals surface area (Å²) in [5.41, 5.74) is 4.00. The molecule has 2 rings (SSSR count). The molecule has 4 nitrogen and oxygen atoms in total. The average Bonchev–Trinajstić information content (AvgIpc) is 2.45. The Bertz CT molecular complexity index is 390. The molecule has 1 aromatic rings. The predicted molar refractivity (Wildman–Crippen MR) is 77.8 cm³/mol. The number of hydrogen-bond donors (Lipinski definition) is 1. The molecular formula is C15H24N2O2. The SMILES string of the molecule is COCCNCc1cc(C)ccc1N1CCOCC1. The molecule has 1 aliphatic rings. The minimum absolute atomic E-state index is 0.749. The smallest absolute Gasteiger partial charge is 0.0642 e. The van der Waals surface area contributed by atoms with Crippen molar-refractivity contribution in [3.8, 4) is 0 Å². The Kier molecular flexibility index (Phi) is 5.63. The van der Waals surface area contributed by atoms with Crippen LogP contribution in [0.25, 0.3) is 0 Å². The lowest BCUT2D eigenvalue weighted by atomic mass is 10.1. The normalized spacial score (nSPS) is 15.8. The number of anilines is 1. The molecule has 0 spiro atoms. The van der Waals surface area contributed by atoms with Crippen LogP contribution >= 0.6 is 0 Å². The second kappa shape index (κ2) is 7.48. The largest absolute Gasteiger partial charge is 0.383 e. The maximum Gasteiger partial charge on any atom is 0.0642 e. The minimum atomic E-state index is 0.749. The van der Waals surface area contributed by atoms with E-state index in [1.807, 2.05) is 0 Å². The van der Waals surface area contributed by atoms with Crippen LogP contribution in [0.3, 0.4) is 0 Å². The fourth-order valence-electron chi connectivity index (χ4n) is 2.37. The molecule has 0 aliphatic carbocycles. The monoisotopic (exact) mass is 264 g/mol. The van der Waals surface area contributed by atoms with Gasteiger partial charge < -0.3 is 19.7 Å². The topological polar surface area (TPSA) is 33.7 Å². The van der Waals surface area contributed by atoms with Crippen LogP contribution in [0.4, 0.5) is 5.69 Å². The van der Waals surface area contributed by atoms with Crippen LogP contribution in [0.1, 0.15) is 11.1 Å². The van der Waals surface area contributed by atoms with Crippen molar-refractivity contribution in [3.63, 3.8) is 0 Å². The van der Waals surface area contributed by atoms with Crippen molar-refractivity contribution in [1.82, 2.24) is 5.32 Å². The first kappa shape index (κ1) is 14.3. The molecule has 0 saturated carbocycles. The van der Waals surface area contributed by atoms with Crippen molar-refractivity contribution in [2.75, 3.05) is 51.5 Å². The summed E-state index contributed by atoms with van der Waals surface area (Å²) < 4.78 is 10.5. The van der Waals surface area contributed by atoms with Gasteiger partial charge in [-0.25, -0.2) is 0 Å². The van der Waals surface area contributed by atoms with E-state index in [0.717, 1.165) is 46.0 Å². The average molecular weight is 264 g/mol. The third kappa shape index (κ3) is 4.20. The fourth-order valence-corrected chi connectivity index (χ4v) is 2.37. The standard InChI is InChI=1S/C15H24N2O2/c1-13-3-4-15(17-6-9-19-10-7-17)14(11-13)12-16-5-8-18-2/h3-4,11,16H,5-10,12H2,1-2H3. The van der Waals surface area contributed by atoms with Crippen molar-refractivity contribution in [2.45, 2.75) is 13.5 Å². The van der Waals surface area contributed by atoms with Crippen molar-refractivity contribution >= 4 is 5.69 Å². The summed E-state index contributed by atoms with van der Waals surface area (Å²) in [7, 11) is 1.73. The van der Waals surface area contributed by atoms with Gasteiger partial charge in [0.2, 0.25) is 0 Å². The molecule has 0 radical (unpaired) electrons. The van der Waals surface area contributed by atoms with Gasteiger partial charge in [-0.1, -0.05) is 17.7 Å². The Hall–Kier alpha value is -1.10. The van der Waals surface area contributed by atoms with Gasteiger partial charge in [-0.2, -0.15) is 0 Å². The number of hydrogen-bond acceptors (Lipinski definition) is 4. The Morgan fingerprint density at radius 3 is 2.84 bits per heavy atom. The predicted octanol–water partition coefficient (Wildman–Crippen LogP) is 1.57. The van der Waals surface area contributed by atoms with Gasteiger partial charge in [0, 0.05) is 39.0 Å². The van der Waals surface area contributed by atoms with E-state index < -0.39 is 0 Å². The van der Waals surface area contributed by atoms with Crippen molar-refractivity contribution in [1.29, 1.82) is 0 Å². The van der Waals surface area contributed by atoms with E-state index in [4.69, 9.17) is 9.47 Å². The Labute approximate surface area is 115 Å². The molecule has 4 heteroatoms. The van der Waals surface area contributed by atoms with Crippen molar-refractivity contribution < 1.29 is 9.47 Å². The lowest BCUT2D eigenvalue weighted by Crippen LogP contribution is -2.37. The number of nitrogens with zero attached hydrogens (tertiary/aromatic N) is 1. The summed E-state index contributed by atoms with van der Waals surface area (Å²) >= 11 is 0. The number of benzene rings is 1. The van der Waals surface area contributed by atoms with E-state index in [9.17, 15) is 0 Å². The second-order valence-electron chi connectivity index (χ2n) is 4.90. The highest BCUT2D eigenvalue weighted by Gasteiger charge is 2.14. The number of nitrogens with one attached hydrogen (secondary N) is 1. The summed E-state index contributed by atoms with van der Waals surface area (Å²) in [6.07, 6.45) is 0. The van der Waals surface area contributed by atoms with Crippen LogP contribution < -0.4 is 10.2 Å². The molecule has 0 amide bonds. The zero-order chi connectivity index (χ0) is 13.5. The third-order valence-electron chi connectivity index (χ3n) is 3.39. The summed E-state index contributed by atoms with van der Waals surface area (Å²) in [6, 6.07) is 6.68. The summed E-state index contributed by atoms with van der Waals surface area (Å²) in [5.74, 6) is 0. The number of methoxy groups -OCH3 is 1. The number of morpholine rings is 1. The number of ether oxygens (including phenoxy) is 2. The minimum Gasteiger partial charge on any atom is -0.383 e. The molecule has 0 atom stereocenters. The molecular weight excluding hydrogens is 240 g/mol. The second-order valence-corrected chi connectivity index (χ2v) is 4.90. The Balaban J connectivity index is 2.03. The first-order valence-corrected chi connectivity index (χ1v) is 6.93. The first-order valence-electron chi connectivity index (χ1n) is 6.93. The molecule has 0 bridgehead atoms. The van der Waals surface area contributed by atoms with E-state index >= 15 is 0 Å². The van der Waals surface area contributed by atoms with Crippen molar-refractivity contribution in [3.05, 3.63) is 29.3 Å². The van der Waals surface area contributed by atoms with E-state index in [1.165, 1.54) is 16.8 Å². The zero-order valence-electron chi connectivity index (χ0n) is 11.9. The van der Waals surface area contributed by atoms with E-state index in [-0.39, 0.29) is 0 Å². The molecule has 0 unspecified atom stereocenters. The maximum atomic E-state index is 5.42. The fraction of sp³-hybridized carbons (Fsp3) is 0.600. The summed E-state index contributed by atoms with van der Waals surface area (Å²) in [4.78, 5) is 2.41. The lowest BCUT2D eigenvalue weighted by molar-refractivity contribution is 0.122. The van der Waals surface area contributed by atoms with E-state index in [1.54, 1.807) is 7.11 Å². The maximum absolute atomic E-state index is 5.42. The van der Waals surface area contributed by atoms with Crippen LogP contribution in [0.5, 0.6) is 0 Å². The van der Waals surface area contributed by atoms with Gasteiger partial charge in [-0.3, -0.25) is 0 Å². The van der Waals surface area contributed by atoms with Crippen LogP contribution in [-0.2, 0) is 16.0 Å². The van der Waals surface area contributed by atoms with E-state index in [0.29, 0.717) is 0 Å². The molecule has 0 aromatic heterocycles. The van der Waals surface area contributed by atoms with Crippen LogP contribution in [0.15, 0.2) is 18.2 Å². The van der Waals surface area contributed by atoms with Crippen LogP contribution in [-0.4, -0.2) is 46.6 Å². The molecule has 1 saturated heterocycles. The number of rotatable bonds is 6. The first-order chi connectivity index (χ1) is 9.31. The summed E-state index contributed by atoms with van der Waals surface area (Å²) in [6.45, 7) is 8.27. The Morgan fingerprint density at radius 2 is 2.11 bits per heavy atom. The van der Waals surface area contributed by atoms with Gasteiger partial charge in [0.05, 0.1) is 19.8 Å². The van der Waals surface area contributed by atoms with Crippen molar-refractivity contribution in [2.24, 2.45) is 0 Å². The highest BCUT2D eigenvalue weighted by Crippen LogP contribution is 2.22. The molecule has 19 heavy (non-hydrogen) atoms. The molecule has 1 heterocycles. The molecule has 106 valence electrons. The van der Waals surface area contributed by atoms with Gasteiger partial charge in [0.15, 0.2) is 0 Å². The quantitative estimate of drug-likeness (QED) is 0.791. The van der Waals surface area contributed by atoms with Crippen LogP contribution in [0, 0.1) is 6.92 Å². The van der Waals surface area contributed by atoms with Gasteiger partial charge >= 0.3 is 0 Å². The zero-order valence-corrected chi connectivity index (χ0v) is 11.9. The Morgan fingerprint density at radius 1 is 1.32 bits per heavy atom. The molecule has 1 aliphatic heterocycles. The lowest BCUT2D eigenvalue weighted by Gasteiger charge is -2.31. The molecule has 1 fully saturated rings. The van der Waals surface area contributed by atoms with Crippen LogP contribution in [0.2, 0.25) is 0 Å². The molecule has 1 aromatic carbocycles.